The van der Waals surface area contributed by atoms with Gasteiger partial charge in [0.1, 0.15) is 6.04 Å². The number of nitrogens with two attached hydrogens (primary N) is 1. The Morgan fingerprint density at radius 1 is 1.80 bits per heavy atom. The number of carbonyl (C=O) groups is 2. The van der Waals surface area contributed by atoms with Crippen molar-refractivity contribution in [2.24, 2.45) is 5.73 Å². The van der Waals surface area contributed by atoms with Gasteiger partial charge in [0.2, 0.25) is 5.91 Å². The van der Waals surface area contributed by atoms with Crippen LogP contribution < -0.4 is 11.1 Å². The lowest BCUT2D eigenvalue weighted by Crippen LogP contribution is -2.37. The summed E-state index contributed by atoms with van der Waals surface area (Å²) in [6, 6.07) is -0.817. The molecule has 1 heterocycles. The van der Waals surface area contributed by atoms with Crippen LogP contribution in [0.25, 0.3) is 0 Å². The molecule has 1 fully saturated rings. The summed E-state index contributed by atoms with van der Waals surface area (Å²) in [6.45, 7) is 0. The fourth-order valence-corrected chi connectivity index (χ4v) is 0.822. The van der Waals surface area contributed by atoms with Crippen LogP contribution in [0.5, 0.6) is 0 Å². The largest absolute Gasteiger partial charge is 0.368 e. The molecular formula is C5H7FN2O2. The number of carbonyl (C=O) groups excluding carboxylic acids is 2. The molecule has 0 aliphatic carbocycles. The summed E-state index contributed by atoms with van der Waals surface area (Å²) in [7, 11) is 0. The van der Waals surface area contributed by atoms with E-state index < -0.39 is 24.0 Å². The van der Waals surface area contributed by atoms with Crippen LogP contribution in [0.3, 0.4) is 0 Å². The predicted octanol–water partition coefficient (Wildman–Crippen LogP) is -1.30. The lowest BCUT2D eigenvalue weighted by molar-refractivity contribution is -0.125. The molecule has 0 bridgehead atoms. The quantitative estimate of drug-likeness (QED) is 0.482. The molecule has 10 heavy (non-hydrogen) atoms. The Kier molecular flexibility index (Phi) is 1.57. The van der Waals surface area contributed by atoms with Crippen LogP contribution >= 0.6 is 0 Å². The maximum absolute atomic E-state index is 12.3. The number of amides is 2. The summed E-state index contributed by atoms with van der Waals surface area (Å²) < 4.78 is 12.3. The van der Waals surface area contributed by atoms with Crippen LogP contribution in [0.4, 0.5) is 4.39 Å². The Morgan fingerprint density at radius 3 is 2.60 bits per heavy atom. The maximum atomic E-state index is 12.3. The first-order chi connectivity index (χ1) is 4.61. The van der Waals surface area contributed by atoms with Gasteiger partial charge < -0.3 is 11.1 Å². The third kappa shape index (κ3) is 1.07. The molecular weight excluding hydrogens is 139 g/mol. The highest BCUT2D eigenvalue weighted by molar-refractivity contribution is 5.92. The molecule has 1 aliphatic rings. The zero-order valence-corrected chi connectivity index (χ0v) is 5.13. The van der Waals surface area contributed by atoms with Crippen LogP contribution in [-0.2, 0) is 9.59 Å². The number of nitrogens with one attached hydrogen (secondary N) is 1. The van der Waals surface area contributed by atoms with Gasteiger partial charge in [-0.25, -0.2) is 4.39 Å². The fourth-order valence-electron chi connectivity index (χ4n) is 0.822. The number of rotatable bonds is 1. The summed E-state index contributed by atoms with van der Waals surface area (Å²) in [6.07, 6.45) is -1.70. The summed E-state index contributed by atoms with van der Waals surface area (Å²) in [5.74, 6) is -1.43. The van der Waals surface area contributed by atoms with Gasteiger partial charge in [0.25, 0.3) is 5.91 Å². The zero-order valence-electron chi connectivity index (χ0n) is 5.13. The van der Waals surface area contributed by atoms with Crippen molar-refractivity contribution in [1.29, 1.82) is 0 Å². The van der Waals surface area contributed by atoms with Crippen molar-refractivity contribution in [1.82, 2.24) is 5.32 Å². The van der Waals surface area contributed by atoms with Crippen LogP contribution in [-0.4, -0.2) is 24.0 Å². The van der Waals surface area contributed by atoms with E-state index in [1.807, 2.05) is 0 Å². The molecule has 5 heteroatoms. The molecule has 0 unspecified atom stereocenters. The molecule has 56 valence electrons. The van der Waals surface area contributed by atoms with Gasteiger partial charge in [-0.2, -0.15) is 0 Å². The van der Waals surface area contributed by atoms with Crippen LogP contribution in [0.2, 0.25) is 0 Å². The minimum Gasteiger partial charge on any atom is -0.368 e. The van der Waals surface area contributed by atoms with Gasteiger partial charge in [-0.15, -0.1) is 0 Å². The fraction of sp³-hybridized carbons (Fsp3) is 0.600. The van der Waals surface area contributed by atoms with Crippen molar-refractivity contribution in [3.05, 3.63) is 0 Å². The maximum Gasteiger partial charge on any atom is 0.255 e. The molecule has 3 N–H and O–H groups in total. The van der Waals surface area contributed by atoms with Crippen molar-refractivity contribution >= 4 is 11.8 Å². The standard InChI is InChI=1S/C5H7FN2O2/c6-2-1-3(4(7)9)8-5(2)10/h2-3H,1H2,(H2,7,9)(H,8,10)/t2-,3-/m0/s1. The third-order valence-electron chi connectivity index (χ3n) is 1.39. The van der Waals surface area contributed by atoms with Crippen LogP contribution in [0, 0.1) is 0 Å². The highest BCUT2D eigenvalue weighted by Gasteiger charge is 2.34. The summed E-state index contributed by atoms with van der Waals surface area (Å²) in [5.41, 5.74) is 4.80. The van der Waals surface area contributed by atoms with Crippen LogP contribution in [0.15, 0.2) is 0 Å². The van der Waals surface area contributed by atoms with E-state index in [9.17, 15) is 14.0 Å². The minimum absolute atomic E-state index is 0.131. The lowest BCUT2D eigenvalue weighted by atomic mass is 10.2. The SMILES string of the molecule is NC(=O)[C@@H]1C[C@H](F)C(=O)N1. The number of halogens is 1. The summed E-state index contributed by atoms with van der Waals surface area (Å²) in [4.78, 5) is 20.7. The van der Waals surface area contributed by atoms with E-state index in [2.05, 4.69) is 5.32 Å². The zero-order chi connectivity index (χ0) is 7.72. The number of alkyl halides is 1. The van der Waals surface area contributed by atoms with Crippen molar-refractivity contribution < 1.29 is 14.0 Å². The number of hydrogen-bond acceptors (Lipinski definition) is 2. The third-order valence-corrected chi connectivity index (χ3v) is 1.39. The molecule has 1 saturated heterocycles. The normalized spacial score (nSPS) is 31.9. The van der Waals surface area contributed by atoms with Gasteiger partial charge >= 0.3 is 0 Å². The van der Waals surface area contributed by atoms with E-state index in [4.69, 9.17) is 5.73 Å². The average Bonchev–Trinajstić information content (AvgIpc) is 2.13. The highest BCUT2D eigenvalue weighted by Crippen LogP contribution is 2.10. The molecule has 0 aromatic rings. The molecule has 2 amide bonds. The number of primary amides is 1. The van der Waals surface area contributed by atoms with E-state index in [1.54, 1.807) is 0 Å². The van der Waals surface area contributed by atoms with Gasteiger partial charge in [-0.1, -0.05) is 0 Å². The van der Waals surface area contributed by atoms with Gasteiger partial charge in [0, 0.05) is 6.42 Å². The van der Waals surface area contributed by atoms with Crippen molar-refractivity contribution in [2.45, 2.75) is 18.6 Å². The van der Waals surface area contributed by atoms with E-state index in [-0.39, 0.29) is 6.42 Å². The molecule has 0 aromatic heterocycles. The molecule has 0 saturated carbocycles. The molecule has 0 spiro atoms. The Bertz CT molecular complexity index is 182. The molecule has 4 nitrogen and oxygen atoms in total. The van der Waals surface area contributed by atoms with Gasteiger partial charge in [0.15, 0.2) is 6.17 Å². The predicted molar refractivity (Wildman–Crippen MR) is 30.6 cm³/mol. The monoisotopic (exact) mass is 146 g/mol. The first-order valence-corrected chi connectivity index (χ1v) is 2.85. The van der Waals surface area contributed by atoms with E-state index in [1.165, 1.54) is 0 Å². The van der Waals surface area contributed by atoms with E-state index >= 15 is 0 Å². The van der Waals surface area contributed by atoms with Crippen molar-refractivity contribution in [3.8, 4) is 0 Å². The first-order valence-electron chi connectivity index (χ1n) is 2.85. The molecule has 0 aromatic carbocycles. The average molecular weight is 146 g/mol. The van der Waals surface area contributed by atoms with Crippen LogP contribution in [0.1, 0.15) is 6.42 Å². The van der Waals surface area contributed by atoms with E-state index in [0.717, 1.165) is 0 Å². The smallest absolute Gasteiger partial charge is 0.255 e. The molecule has 1 rings (SSSR count). The Balaban J connectivity index is 2.57. The first kappa shape index (κ1) is 6.98. The van der Waals surface area contributed by atoms with Gasteiger partial charge in [-0.3, -0.25) is 9.59 Å². The highest BCUT2D eigenvalue weighted by atomic mass is 19.1. The number of hydrogen-bond donors (Lipinski definition) is 2. The molecule has 2 atom stereocenters. The second-order valence-corrected chi connectivity index (χ2v) is 2.17. The summed E-state index contributed by atoms with van der Waals surface area (Å²) in [5, 5.41) is 2.11. The lowest BCUT2D eigenvalue weighted by Gasteiger charge is -2.00. The van der Waals surface area contributed by atoms with E-state index in [0.29, 0.717) is 0 Å². The Morgan fingerprint density at radius 2 is 2.40 bits per heavy atom. The topological polar surface area (TPSA) is 72.2 Å². The van der Waals surface area contributed by atoms with Crippen molar-refractivity contribution in [3.63, 3.8) is 0 Å². The van der Waals surface area contributed by atoms with Gasteiger partial charge in [-0.05, 0) is 0 Å². The second kappa shape index (κ2) is 2.24. The second-order valence-electron chi connectivity index (χ2n) is 2.17. The molecule has 0 radical (unpaired) electrons. The van der Waals surface area contributed by atoms with Gasteiger partial charge in [0.05, 0.1) is 0 Å². The summed E-state index contributed by atoms with van der Waals surface area (Å²) >= 11 is 0. The van der Waals surface area contributed by atoms with Crippen molar-refractivity contribution in [2.75, 3.05) is 0 Å². The minimum atomic E-state index is -1.57. The molecule has 1 aliphatic heterocycles. The Hall–Kier alpha value is -1.13. The Labute approximate surface area is 56.6 Å².